The van der Waals surface area contributed by atoms with E-state index in [4.69, 9.17) is 10.5 Å². The number of benzene rings is 1. The molecule has 0 bridgehead atoms. The highest BCUT2D eigenvalue weighted by Gasteiger charge is 1.98. The molecule has 1 aromatic carbocycles. The van der Waals surface area contributed by atoms with Crippen molar-refractivity contribution in [3.63, 3.8) is 0 Å². The van der Waals surface area contributed by atoms with Gasteiger partial charge in [-0.2, -0.15) is 0 Å². The topological polar surface area (TPSA) is 52.3 Å². The van der Waals surface area contributed by atoms with Crippen molar-refractivity contribution in [3.8, 4) is 0 Å². The molecule has 0 amide bonds. The summed E-state index contributed by atoms with van der Waals surface area (Å²) in [6.45, 7) is 2.20. The lowest BCUT2D eigenvalue weighted by Gasteiger charge is -2.01. The number of hydrogen-bond donors (Lipinski definition) is 1. The number of hydrogen-bond acceptors (Lipinski definition) is 3. The number of halogens is 1. The molecular formula is C12H14BrNO2. The molecule has 0 saturated carbocycles. The fourth-order valence-corrected chi connectivity index (χ4v) is 1.58. The Bertz CT molecular complexity index is 402. The Morgan fingerprint density at radius 2 is 2.31 bits per heavy atom. The van der Waals surface area contributed by atoms with Crippen molar-refractivity contribution >= 4 is 33.7 Å². The Kier molecular flexibility index (Phi) is 5.05. The molecule has 1 aromatic rings. The summed E-state index contributed by atoms with van der Waals surface area (Å²) in [5, 5.41) is 0. The smallest absolute Gasteiger partial charge is 0.309 e. The number of rotatable bonds is 4. The van der Waals surface area contributed by atoms with Crippen LogP contribution in [0.25, 0.3) is 6.08 Å². The molecule has 0 unspecified atom stereocenters. The zero-order chi connectivity index (χ0) is 12.0. The van der Waals surface area contributed by atoms with Gasteiger partial charge in [-0.15, -0.1) is 0 Å². The standard InChI is InChI=1S/C12H14BrNO2/c1-2-16-12(15)5-3-4-9-6-7-10(13)8-11(9)14/h3-4,6-8H,2,5,14H2,1H3. The van der Waals surface area contributed by atoms with Gasteiger partial charge in [-0.1, -0.05) is 34.1 Å². The fraction of sp³-hybridized carbons (Fsp3) is 0.250. The molecule has 0 fully saturated rings. The van der Waals surface area contributed by atoms with Gasteiger partial charge >= 0.3 is 5.97 Å². The van der Waals surface area contributed by atoms with Gasteiger partial charge in [0.1, 0.15) is 0 Å². The number of anilines is 1. The first-order valence-electron chi connectivity index (χ1n) is 5.00. The summed E-state index contributed by atoms with van der Waals surface area (Å²) in [6.07, 6.45) is 3.83. The molecular weight excluding hydrogens is 270 g/mol. The van der Waals surface area contributed by atoms with E-state index in [2.05, 4.69) is 15.9 Å². The molecule has 0 atom stereocenters. The third-order valence-corrected chi connectivity index (χ3v) is 2.43. The first-order chi connectivity index (χ1) is 7.63. The quantitative estimate of drug-likeness (QED) is 0.683. The molecule has 2 N–H and O–H groups in total. The van der Waals surface area contributed by atoms with Gasteiger partial charge in [-0.25, -0.2) is 0 Å². The van der Waals surface area contributed by atoms with Gasteiger partial charge in [0.15, 0.2) is 0 Å². The van der Waals surface area contributed by atoms with Gasteiger partial charge in [0, 0.05) is 10.2 Å². The number of carbonyl (C=O) groups is 1. The zero-order valence-corrected chi connectivity index (χ0v) is 10.7. The van der Waals surface area contributed by atoms with Crippen LogP contribution in [0.2, 0.25) is 0 Å². The molecule has 1 rings (SSSR count). The average molecular weight is 284 g/mol. The van der Waals surface area contributed by atoms with Crippen molar-refractivity contribution in [3.05, 3.63) is 34.3 Å². The van der Waals surface area contributed by atoms with Gasteiger partial charge in [0.2, 0.25) is 0 Å². The maximum absolute atomic E-state index is 11.1. The first-order valence-corrected chi connectivity index (χ1v) is 5.80. The summed E-state index contributed by atoms with van der Waals surface area (Å²) in [5.74, 6) is -0.227. The second kappa shape index (κ2) is 6.33. The van der Waals surface area contributed by atoms with Crippen molar-refractivity contribution in [1.29, 1.82) is 0 Å². The van der Waals surface area contributed by atoms with Gasteiger partial charge in [-0.3, -0.25) is 4.79 Å². The second-order valence-corrected chi connectivity index (χ2v) is 4.10. The van der Waals surface area contributed by atoms with Crippen molar-refractivity contribution in [2.45, 2.75) is 13.3 Å². The Morgan fingerprint density at radius 1 is 1.56 bits per heavy atom. The van der Waals surface area contributed by atoms with Crippen LogP contribution in [0.3, 0.4) is 0 Å². The van der Waals surface area contributed by atoms with Crippen LogP contribution < -0.4 is 5.73 Å². The third kappa shape index (κ3) is 4.06. The van der Waals surface area contributed by atoms with Gasteiger partial charge in [-0.05, 0) is 24.6 Å². The largest absolute Gasteiger partial charge is 0.466 e. The van der Waals surface area contributed by atoms with Crippen LogP contribution in [0.5, 0.6) is 0 Å². The second-order valence-electron chi connectivity index (χ2n) is 3.18. The summed E-state index contributed by atoms with van der Waals surface area (Å²) in [6, 6.07) is 5.62. The molecule has 0 radical (unpaired) electrons. The average Bonchev–Trinajstić information content (AvgIpc) is 2.22. The molecule has 0 aliphatic rings. The van der Waals surface area contributed by atoms with Crippen molar-refractivity contribution < 1.29 is 9.53 Å². The number of carbonyl (C=O) groups excluding carboxylic acids is 1. The predicted octanol–water partition coefficient (Wildman–Crippen LogP) is 3.00. The van der Waals surface area contributed by atoms with Crippen molar-refractivity contribution in [2.24, 2.45) is 0 Å². The number of nitrogens with two attached hydrogens (primary N) is 1. The highest BCUT2D eigenvalue weighted by molar-refractivity contribution is 9.10. The van der Waals surface area contributed by atoms with Crippen LogP contribution in [0, 0.1) is 0 Å². The van der Waals surface area contributed by atoms with Crippen molar-refractivity contribution in [1.82, 2.24) is 0 Å². The summed E-state index contributed by atoms with van der Waals surface area (Å²) in [7, 11) is 0. The van der Waals surface area contributed by atoms with E-state index in [-0.39, 0.29) is 12.4 Å². The van der Waals surface area contributed by atoms with Crippen LogP contribution in [0.15, 0.2) is 28.7 Å². The monoisotopic (exact) mass is 283 g/mol. The maximum atomic E-state index is 11.1. The lowest BCUT2D eigenvalue weighted by atomic mass is 10.1. The predicted molar refractivity (Wildman–Crippen MR) is 68.8 cm³/mol. The molecule has 0 aliphatic heterocycles. The fourth-order valence-electron chi connectivity index (χ4n) is 1.20. The van der Waals surface area contributed by atoms with Gasteiger partial charge in [0.05, 0.1) is 13.0 Å². The van der Waals surface area contributed by atoms with E-state index in [0.717, 1.165) is 10.0 Å². The summed E-state index contributed by atoms with van der Waals surface area (Å²) >= 11 is 3.33. The minimum absolute atomic E-state index is 0.227. The molecule has 4 heteroatoms. The summed E-state index contributed by atoms with van der Waals surface area (Å²) in [4.78, 5) is 11.1. The van der Waals surface area contributed by atoms with Crippen molar-refractivity contribution in [2.75, 3.05) is 12.3 Å². The zero-order valence-electron chi connectivity index (χ0n) is 9.07. The van der Waals surface area contributed by atoms with E-state index in [1.54, 1.807) is 13.0 Å². The van der Waals surface area contributed by atoms with Crippen LogP contribution in [-0.2, 0) is 9.53 Å². The van der Waals surface area contributed by atoms with E-state index in [0.29, 0.717) is 12.3 Å². The minimum Gasteiger partial charge on any atom is -0.466 e. The third-order valence-electron chi connectivity index (χ3n) is 1.94. The molecule has 0 saturated heterocycles. The summed E-state index contributed by atoms with van der Waals surface area (Å²) < 4.78 is 5.74. The van der Waals surface area contributed by atoms with E-state index in [1.165, 1.54) is 0 Å². The van der Waals surface area contributed by atoms with Gasteiger partial charge < -0.3 is 10.5 Å². The molecule has 86 valence electrons. The number of nitrogen functional groups attached to an aromatic ring is 1. The molecule has 16 heavy (non-hydrogen) atoms. The van der Waals surface area contributed by atoms with E-state index in [1.807, 2.05) is 24.3 Å². The highest BCUT2D eigenvalue weighted by Crippen LogP contribution is 2.19. The molecule has 0 heterocycles. The molecule has 0 aliphatic carbocycles. The lowest BCUT2D eigenvalue weighted by Crippen LogP contribution is -2.01. The van der Waals surface area contributed by atoms with Crippen LogP contribution >= 0.6 is 15.9 Å². The minimum atomic E-state index is -0.227. The lowest BCUT2D eigenvalue weighted by molar-refractivity contribution is -0.142. The molecule has 3 nitrogen and oxygen atoms in total. The first kappa shape index (κ1) is 12.8. The Balaban J connectivity index is 2.59. The van der Waals surface area contributed by atoms with E-state index in [9.17, 15) is 4.79 Å². The Hall–Kier alpha value is -1.29. The van der Waals surface area contributed by atoms with E-state index >= 15 is 0 Å². The maximum Gasteiger partial charge on any atom is 0.309 e. The summed E-state index contributed by atoms with van der Waals surface area (Å²) in [5.41, 5.74) is 7.37. The van der Waals surface area contributed by atoms with Crippen LogP contribution in [-0.4, -0.2) is 12.6 Å². The van der Waals surface area contributed by atoms with Crippen LogP contribution in [0.1, 0.15) is 18.9 Å². The Labute approximate surface area is 103 Å². The highest BCUT2D eigenvalue weighted by atomic mass is 79.9. The Morgan fingerprint density at radius 3 is 2.94 bits per heavy atom. The normalized spacial score (nSPS) is 10.6. The van der Waals surface area contributed by atoms with Gasteiger partial charge in [0.25, 0.3) is 0 Å². The molecule has 0 aromatic heterocycles. The molecule has 0 spiro atoms. The number of esters is 1. The number of ether oxygens (including phenoxy) is 1. The SMILES string of the molecule is CCOC(=O)CC=Cc1ccc(Br)cc1N. The van der Waals surface area contributed by atoms with Crippen LogP contribution in [0.4, 0.5) is 5.69 Å². The van der Waals surface area contributed by atoms with E-state index < -0.39 is 0 Å².